The third-order valence-corrected chi connectivity index (χ3v) is 3.58. The second-order valence-electron chi connectivity index (χ2n) is 3.60. The van der Waals surface area contributed by atoms with Gasteiger partial charge in [0.1, 0.15) is 0 Å². The van der Waals surface area contributed by atoms with E-state index in [0.717, 1.165) is 12.3 Å². The molecule has 0 N–H and O–H groups in total. The zero-order valence-electron chi connectivity index (χ0n) is 8.40. The van der Waals surface area contributed by atoms with Crippen LogP contribution in [-0.2, 0) is 6.54 Å². The molecule has 0 saturated heterocycles. The minimum atomic E-state index is 0.337. The summed E-state index contributed by atoms with van der Waals surface area (Å²) in [4.78, 5) is 4.05. The highest BCUT2D eigenvalue weighted by molar-refractivity contribution is 7.80. The summed E-state index contributed by atoms with van der Waals surface area (Å²) in [7, 11) is 0. The third-order valence-electron chi connectivity index (χ3n) is 2.91. The van der Waals surface area contributed by atoms with Crippen molar-refractivity contribution in [1.29, 1.82) is 0 Å². The number of hydrogen-bond donors (Lipinski definition) is 1. The molecule has 0 spiro atoms. The van der Waals surface area contributed by atoms with Gasteiger partial charge in [0, 0.05) is 18.9 Å². The molecular weight excluding hydrogens is 180 g/mol. The fourth-order valence-electron chi connectivity index (χ4n) is 1.51. The first kappa shape index (κ1) is 10.6. The average Bonchev–Trinajstić information content (AvgIpc) is 2.67. The van der Waals surface area contributed by atoms with E-state index in [2.05, 4.69) is 36.0 Å². The summed E-state index contributed by atoms with van der Waals surface area (Å²) in [6.45, 7) is 5.50. The Bertz CT molecular complexity index is 219. The molecule has 0 aliphatic rings. The Hall–Kier alpha value is -0.440. The second kappa shape index (κ2) is 4.70. The molecule has 0 radical (unpaired) electrons. The molecular formula is C10H18N2S. The predicted octanol–water partition coefficient (Wildman–Crippen LogP) is 2.62. The van der Waals surface area contributed by atoms with Gasteiger partial charge in [-0.2, -0.15) is 12.6 Å². The SMILES string of the molecule is CCC(CC)(CS)Cn1ccnc1. The van der Waals surface area contributed by atoms with Crippen LogP contribution >= 0.6 is 12.6 Å². The van der Waals surface area contributed by atoms with Crippen LogP contribution < -0.4 is 0 Å². The van der Waals surface area contributed by atoms with Gasteiger partial charge in [0.15, 0.2) is 0 Å². The van der Waals surface area contributed by atoms with Crippen molar-refractivity contribution in [3.8, 4) is 0 Å². The molecule has 0 bridgehead atoms. The van der Waals surface area contributed by atoms with Crippen molar-refractivity contribution in [3.63, 3.8) is 0 Å². The van der Waals surface area contributed by atoms with Gasteiger partial charge in [-0.3, -0.25) is 0 Å². The van der Waals surface area contributed by atoms with E-state index in [1.54, 1.807) is 0 Å². The van der Waals surface area contributed by atoms with E-state index >= 15 is 0 Å². The van der Waals surface area contributed by atoms with Gasteiger partial charge in [0.05, 0.1) is 6.33 Å². The normalized spacial score (nSPS) is 11.9. The first-order valence-electron chi connectivity index (χ1n) is 4.83. The Morgan fingerprint density at radius 3 is 2.46 bits per heavy atom. The zero-order chi connectivity index (χ0) is 9.73. The molecule has 1 rings (SSSR count). The largest absolute Gasteiger partial charge is 0.337 e. The molecule has 0 atom stereocenters. The van der Waals surface area contributed by atoms with Crippen molar-refractivity contribution >= 4 is 12.6 Å². The first-order chi connectivity index (χ1) is 6.26. The number of aromatic nitrogens is 2. The summed E-state index contributed by atoms with van der Waals surface area (Å²) in [6, 6.07) is 0. The zero-order valence-corrected chi connectivity index (χ0v) is 9.30. The van der Waals surface area contributed by atoms with Crippen molar-refractivity contribution in [1.82, 2.24) is 9.55 Å². The van der Waals surface area contributed by atoms with Crippen LogP contribution in [0.2, 0.25) is 0 Å². The predicted molar refractivity (Wildman–Crippen MR) is 59.1 cm³/mol. The van der Waals surface area contributed by atoms with Crippen molar-refractivity contribution < 1.29 is 0 Å². The molecule has 1 heterocycles. The molecule has 0 saturated carbocycles. The Labute approximate surface area is 85.8 Å². The first-order valence-corrected chi connectivity index (χ1v) is 5.46. The summed E-state index contributed by atoms with van der Waals surface area (Å²) in [5.41, 5.74) is 0.337. The van der Waals surface area contributed by atoms with Crippen molar-refractivity contribution in [2.45, 2.75) is 33.2 Å². The average molecular weight is 198 g/mol. The number of rotatable bonds is 5. The van der Waals surface area contributed by atoms with Crippen LogP contribution in [-0.4, -0.2) is 15.3 Å². The van der Waals surface area contributed by atoms with Gasteiger partial charge in [-0.15, -0.1) is 0 Å². The molecule has 0 unspecified atom stereocenters. The highest BCUT2D eigenvalue weighted by atomic mass is 32.1. The van der Waals surface area contributed by atoms with E-state index in [-0.39, 0.29) is 0 Å². The lowest BCUT2D eigenvalue weighted by Crippen LogP contribution is -2.26. The number of nitrogens with zero attached hydrogens (tertiary/aromatic N) is 2. The fraction of sp³-hybridized carbons (Fsp3) is 0.700. The van der Waals surface area contributed by atoms with Gasteiger partial charge in [0.2, 0.25) is 0 Å². The maximum atomic E-state index is 4.44. The van der Waals surface area contributed by atoms with Crippen LogP contribution in [0, 0.1) is 5.41 Å². The standard InChI is InChI=1S/C10H18N2S/c1-3-10(4-2,8-13)7-12-6-5-11-9-12/h5-6,9,13H,3-4,7-8H2,1-2H3. The van der Waals surface area contributed by atoms with Crippen LogP contribution in [0.1, 0.15) is 26.7 Å². The van der Waals surface area contributed by atoms with Crippen LogP contribution in [0.5, 0.6) is 0 Å². The molecule has 74 valence electrons. The molecule has 0 fully saturated rings. The maximum absolute atomic E-state index is 4.44. The van der Waals surface area contributed by atoms with Gasteiger partial charge in [-0.05, 0) is 24.0 Å². The van der Waals surface area contributed by atoms with E-state index in [4.69, 9.17) is 0 Å². The van der Waals surface area contributed by atoms with Crippen molar-refractivity contribution in [2.75, 3.05) is 5.75 Å². The van der Waals surface area contributed by atoms with Crippen molar-refractivity contribution in [3.05, 3.63) is 18.7 Å². The molecule has 0 aromatic carbocycles. The van der Waals surface area contributed by atoms with E-state index < -0.39 is 0 Å². The summed E-state index contributed by atoms with van der Waals surface area (Å²) >= 11 is 4.44. The summed E-state index contributed by atoms with van der Waals surface area (Å²) in [5, 5.41) is 0. The minimum Gasteiger partial charge on any atom is -0.337 e. The molecule has 0 aliphatic heterocycles. The number of hydrogen-bond acceptors (Lipinski definition) is 2. The van der Waals surface area contributed by atoms with E-state index in [1.165, 1.54) is 12.8 Å². The molecule has 3 heteroatoms. The van der Waals surface area contributed by atoms with E-state index in [9.17, 15) is 0 Å². The number of imidazole rings is 1. The topological polar surface area (TPSA) is 17.8 Å². The van der Waals surface area contributed by atoms with Crippen molar-refractivity contribution in [2.24, 2.45) is 5.41 Å². The Morgan fingerprint density at radius 1 is 1.38 bits per heavy atom. The smallest absolute Gasteiger partial charge is 0.0946 e. The summed E-state index contributed by atoms with van der Waals surface area (Å²) in [5.74, 6) is 0.943. The fourth-order valence-corrected chi connectivity index (χ4v) is 2.06. The van der Waals surface area contributed by atoms with Gasteiger partial charge in [-0.25, -0.2) is 4.98 Å². The molecule has 0 amide bonds. The Kier molecular flexibility index (Phi) is 3.85. The molecule has 0 aliphatic carbocycles. The van der Waals surface area contributed by atoms with Crippen LogP contribution in [0.3, 0.4) is 0 Å². The van der Waals surface area contributed by atoms with Crippen LogP contribution in [0.15, 0.2) is 18.7 Å². The summed E-state index contributed by atoms with van der Waals surface area (Å²) in [6.07, 6.45) is 8.07. The van der Waals surface area contributed by atoms with Crippen LogP contribution in [0.25, 0.3) is 0 Å². The van der Waals surface area contributed by atoms with Gasteiger partial charge < -0.3 is 4.57 Å². The van der Waals surface area contributed by atoms with E-state index in [0.29, 0.717) is 5.41 Å². The summed E-state index contributed by atoms with van der Waals surface area (Å²) < 4.78 is 2.14. The maximum Gasteiger partial charge on any atom is 0.0946 e. The highest BCUT2D eigenvalue weighted by Gasteiger charge is 2.24. The minimum absolute atomic E-state index is 0.337. The molecule has 1 aromatic rings. The lowest BCUT2D eigenvalue weighted by molar-refractivity contribution is 0.258. The Morgan fingerprint density at radius 2 is 2.08 bits per heavy atom. The van der Waals surface area contributed by atoms with Gasteiger partial charge in [-0.1, -0.05) is 13.8 Å². The molecule has 2 nitrogen and oxygen atoms in total. The monoisotopic (exact) mass is 198 g/mol. The molecule has 1 aromatic heterocycles. The Balaban J connectivity index is 2.67. The third kappa shape index (κ3) is 2.50. The van der Waals surface area contributed by atoms with E-state index in [1.807, 2.05) is 18.7 Å². The highest BCUT2D eigenvalue weighted by Crippen LogP contribution is 2.29. The van der Waals surface area contributed by atoms with Gasteiger partial charge >= 0.3 is 0 Å². The van der Waals surface area contributed by atoms with Gasteiger partial charge in [0.25, 0.3) is 0 Å². The lowest BCUT2D eigenvalue weighted by atomic mass is 9.84. The number of thiol groups is 1. The van der Waals surface area contributed by atoms with Crippen LogP contribution in [0.4, 0.5) is 0 Å². The quantitative estimate of drug-likeness (QED) is 0.720. The lowest BCUT2D eigenvalue weighted by Gasteiger charge is -2.30. The molecule has 13 heavy (non-hydrogen) atoms. The second-order valence-corrected chi connectivity index (χ2v) is 3.92.